The van der Waals surface area contributed by atoms with Crippen LogP contribution >= 0.6 is 11.3 Å². The summed E-state index contributed by atoms with van der Waals surface area (Å²) in [6, 6.07) is 10.6. The van der Waals surface area contributed by atoms with Crippen molar-refractivity contribution in [2.45, 2.75) is 123 Å². The zero-order valence-corrected chi connectivity index (χ0v) is 32.5. The topological polar surface area (TPSA) is 119 Å². The van der Waals surface area contributed by atoms with Crippen molar-refractivity contribution in [1.82, 2.24) is 14.8 Å². The van der Waals surface area contributed by atoms with Crippen LogP contribution in [0.15, 0.2) is 54.0 Å². The maximum Gasteiger partial charge on any atom is 0.418 e. The average molecular weight is 818 g/mol. The summed E-state index contributed by atoms with van der Waals surface area (Å²) in [6.07, 6.45) is 2.18. The molecule has 3 aromatic rings. The largest absolute Gasteiger partial charge is 0.493 e. The lowest BCUT2D eigenvalue weighted by atomic mass is 9.66. The number of alkyl halides is 3. The molecule has 6 rings (SSSR count). The van der Waals surface area contributed by atoms with Gasteiger partial charge in [-0.1, -0.05) is 52.8 Å². The van der Waals surface area contributed by atoms with Gasteiger partial charge in [-0.15, -0.1) is 11.3 Å². The van der Waals surface area contributed by atoms with Crippen molar-refractivity contribution in [3.8, 4) is 11.5 Å². The number of aliphatic carboxylic acids is 1. The number of para-hydroxylation sites is 1. The molecule has 1 aliphatic carbocycles. The van der Waals surface area contributed by atoms with Gasteiger partial charge >= 0.3 is 12.1 Å². The molecule has 1 aromatic carbocycles. The van der Waals surface area contributed by atoms with Gasteiger partial charge < -0.3 is 29.1 Å². The number of piperidine rings is 2. The van der Waals surface area contributed by atoms with E-state index in [1.54, 1.807) is 12.0 Å². The van der Waals surface area contributed by atoms with E-state index in [4.69, 9.17) is 14.2 Å². The van der Waals surface area contributed by atoms with Crippen molar-refractivity contribution in [3.63, 3.8) is 0 Å². The molecular formula is C43H58F3N3O7S. The number of carboxylic acid groups (broad SMARTS) is 1. The molecule has 0 radical (unpaired) electrons. The van der Waals surface area contributed by atoms with Gasteiger partial charge in [-0.05, 0) is 82.6 Å². The summed E-state index contributed by atoms with van der Waals surface area (Å²) in [7, 11) is 1.64. The van der Waals surface area contributed by atoms with Crippen molar-refractivity contribution in [2.24, 2.45) is 5.41 Å². The van der Waals surface area contributed by atoms with Gasteiger partial charge in [0.2, 0.25) is 5.60 Å². The van der Waals surface area contributed by atoms with Gasteiger partial charge in [0.1, 0.15) is 17.2 Å². The number of methoxy groups -OCH3 is 1. The summed E-state index contributed by atoms with van der Waals surface area (Å²) >= 11 is 1.46. The van der Waals surface area contributed by atoms with Gasteiger partial charge in [-0.3, -0.25) is 19.4 Å². The number of aryl methyl sites for hydroxylation is 1. The Balaban J connectivity index is 0.00000360. The molecule has 3 fully saturated rings. The summed E-state index contributed by atoms with van der Waals surface area (Å²) in [5.74, 6) is -0.823. The van der Waals surface area contributed by atoms with Gasteiger partial charge in [0.05, 0.1) is 29.2 Å². The van der Waals surface area contributed by atoms with Crippen LogP contribution in [0.5, 0.6) is 11.5 Å². The van der Waals surface area contributed by atoms with Gasteiger partial charge in [0, 0.05) is 55.2 Å². The summed E-state index contributed by atoms with van der Waals surface area (Å²) in [4.78, 5) is 49.1. The first-order chi connectivity index (χ1) is 26.3. The number of likely N-dealkylation sites (tertiary alicyclic amines) is 2. The maximum absolute atomic E-state index is 15.1. The molecule has 4 heterocycles. The highest BCUT2D eigenvalue weighted by Gasteiger charge is 2.57. The van der Waals surface area contributed by atoms with Crippen LogP contribution in [0.25, 0.3) is 0 Å². The van der Waals surface area contributed by atoms with Crippen LogP contribution in [0.4, 0.5) is 13.2 Å². The third kappa shape index (κ3) is 9.11. The van der Waals surface area contributed by atoms with Crippen LogP contribution in [0, 0.1) is 12.3 Å². The average Bonchev–Trinajstić information content (AvgIpc) is 3.57. The number of hydrogen-bond donors (Lipinski definition) is 1. The zero-order valence-electron chi connectivity index (χ0n) is 31.7. The minimum atomic E-state index is -4.79. The van der Waals surface area contributed by atoms with Crippen LogP contribution in [0.1, 0.15) is 119 Å². The molecule has 2 aromatic heterocycles. The van der Waals surface area contributed by atoms with Crippen LogP contribution in [-0.2, 0) is 26.1 Å². The Morgan fingerprint density at radius 3 is 2.32 bits per heavy atom. The molecular weight excluding hydrogens is 760 g/mol. The standard InChI is InChI=1S/C41H50F3N3O7S.2CH4/c1-4-11-33-40(54-29-26-28(2)55-27-29,18-9-22-47(33)35(48)34-31(41(42,43)44)13-7-21-45-34)36(49)46-23-19-39(52-3,20-24-46)30-12-5-6-14-32(30)53-25-10-17-38(37(50)51)15-8-16-38;;/h5-7,12-14,21,26-27,33H,4,8-11,15-20,22-25H2,1-3H3,(H,50,51);2*1H4/t33-,40+;;/m1../s1. The molecule has 2 saturated heterocycles. The number of nitrogens with zero attached hydrogens (tertiary/aromatic N) is 3. The summed E-state index contributed by atoms with van der Waals surface area (Å²) in [6.45, 7) is 4.93. The maximum atomic E-state index is 15.1. The number of thiophene rings is 1. The number of amides is 2. The molecule has 2 amide bonds. The summed E-state index contributed by atoms with van der Waals surface area (Å²) in [5, 5.41) is 11.5. The van der Waals surface area contributed by atoms with Crippen LogP contribution in [0.2, 0.25) is 0 Å². The SMILES string of the molecule is C.C.CCC[C@H]1N(C(=O)c2ncccc2C(F)(F)F)CCC[C@@]1(Oc1csc(C)c1)C(=O)N1CCC(OC)(c2ccccc2OCCCC2(C(=O)O)CCC2)CC1. The predicted molar refractivity (Wildman–Crippen MR) is 214 cm³/mol. The Bertz CT molecular complexity index is 1840. The smallest absolute Gasteiger partial charge is 0.418 e. The number of aromatic nitrogens is 1. The van der Waals surface area contributed by atoms with Gasteiger partial charge in [0.25, 0.3) is 11.8 Å². The van der Waals surface area contributed by atoms with Gasteiger partial charge in [0.15, 0.2) is 0 Å². The van der Waals surface area contributed by atoms with E-state index in [0.29, 0.717) is 89.0 Å². The first-order valence-corrected chi connectivity index (χ1v) is 20.0. The van der Waals surface area contributed by atoms with E-state index >= 15 is 4.79 Å². The minimum Gasteiger partial charge on any atom is -0.493 e. The third-order valence-electron chi connectivity index (χ3n) is 11.8. The molecule has 2 aliphatic heterocycles. The number of carbonyl (C=O) groups excluding carboxylic acids is 2. The Morgan fingerprint density at radius 1 is 1.00 bits per heavy atom. The summed E-state index contributed by atoms with van der Waals surface area (Å²) in [5.41, 5.74) is -3.97. The fourth-order valence-electron chi connectivity index (χ4n) is 8.69. The highest BCUT2D eigenvalue weighted by atomic mass is 32.1. The first kappa shape index (κ1) is 45.5. The van der Waals surface area contributed by atoms with E-state index in [1.165, 1.54) is 22.4 Å². The molecule has 3 aliphatic rings. The highest BCUT2D eigenvalue weighted by molar-refractivity contribution is 7.10. The third-order valence-corrected chi connectivity index (χ3v) is 12.7. The van der Waals surface area contributed by atoms with E-state index < -0.39 is 52.0 Å². The molecule has 314 valence electrons. The molecule has 0 spiro atoms. The van der Waals surface area contributed by atoms with E-state index in [1.807, 2.05) is 49.6 Å². The van der Waals surface area contributed by atoms with E-state index in [-0.39, 0.29) is 33.7 Å². The number of halogens is 3. The number of ether oxygens (including phenoxy) is 3. The number of hydrogen-bond acceptors (Lipinski definition) is 8. The fourth-order valence-corrected chi connectivity index (χ4v) is 9.29. The molecule has 2 atom stereocenters. The number of pyridine rings is 1. The quantitative estimate of drug-likeness (QED) is 0.160. The zero-order chi connectivity index (χ0) is 39.4. The first-order valence-electron chi connectivity index (χ1n) is 19.2. The van der Waals surface area contributed by atoms with Crippen LogP contribution in [-0.4, -0.2) is 82.7 Å². The second-order valence-corrected chi connectivity index (χ2v) is 16.2. The van der Waals surface area contributed by atoms with Crippen molar-refractivity contribution in [1.29, 1.82) is 0 Å². The second-order valence-electron chi connectivity index (χ2n) is 15.1. The molecule has 0 bridgehead atoms. The van der Waals surface area contributed by atoms with E-state index in [2.05, 4.69) is 4.98 Å². The molecule has 1 N–H and O–H groups in total. The van der Waals surface area contributed by atoms with Crippen molar-refractivity contribution >= 4 is 29.1 Å². The Hall–Kier alpha value is -4.17. The Morgan fingerprint density at radius 2 is 1.72 bits per heavy atom. The lowest BCUT2D eigenvalue weighted by Gasteiger charge is -2.51. The lowest BCUT2D eigenvalue weighted by molar-refractivity contribution is -0.164. The van der Waals surface area contributed by atoms with E-state index in [0.717, 1.165) is 29.0 Å². The van der Waals surface area contributed by atoms with E-state index in [9.17, 15) is 27.9 Å². The number of rotatable bonds is 14. The van der Waals surface area contributed by atoms with Crippen molar-refractivity contribution < 1.29 is 46.9 Å². The van der Waals surface area contributed by atoms with Crippen LogP contribution < -0.4 is 9.47 Å². The number of benzene rings is 1. The highest BCUT2D eigenvalue weighted by Crippen LogP contribution is 2.46. The molecule has 10 nitrogen and oxygen atoms in total. The Labute approximate surface area is 338 Å². The molecule has 0 unspecified atom stereocenters. The van der Waals surface area contributed by atoms with Crippen molar-refractivity contribution in [2.75, 3.05) is 33.4 Å². The second kappa shape index (κ2) is 18.6. The number of carboxylic acids is 1. The monoisotopic (exact) mass is 817 g/mol. The normalized spacial score (nSPS) is 21.3. The van der Waals surface area contributed by atoms with Gasteiger partial charge in [-0.25, -0.2) is 0 Å². The number of carbonyl (C=O) groups is 3. The van der Waals surface area contributed by atoms with Crippen molar-refractivity contribution in [3.05, 3.63) is 75.7 Å². The van der Waals surface area contributed by atoms with Crippen LogP contribution in [0.3, 0.4) is 0 Å². The fraction of sp³-hybridized carbons (Fsp3) is 0.581. The predicted octanol–water partition coefficient (Wildman–Crippen LogP) is 9.54. The summed E-state index contributed by atoms with van der Waals surface area (Å²) < 4.78 is 61.6. The minimum absolute atomic E-state index is 0. The Kier molecular flexibility index (Phi) is 14.9. The molecule has 57 heavy (non-hydrogen) atoms. The molecule has 14 heteroatoms. The molecule has 1 saturated carbocycles. The lowest BCUT2D eigenvalue weighted by Crippen LogP contribution is -2.68. The van der Waals surface area contributed by atoms with Gasteiger partial charge in [-0.2, -0.15) is 13.2 Å².